The average Bonchev–Trinajstić information content (AvgIpc) is 3.08. The molecule has 0 amide bonds. The second-order valence-electron chi connectivity index (χ2n) is 6.38. The molecule has 0 saturated carbocycles. The van der Waals surface area contributed by atoms with E-state index in [1.807, 2.05) is 24.3 Å². The van der Waals surface area contributed by atoms with Gasteiger partial charge < -0.3 is 4.74 Å². The number of aromatic nitrogens is 2. The van der Waals surface area contributed by atoms with Crippen LogP contribution in [0.2, 0.25) is 0 Å². The molecule has 4 rings (SSSR count). The molecule has 0 aliphatic heterocycles. The van der Waals surface area contributed by atoms with E-state index in [-0.39, 0.29) is 18.0 Å². The third-order valence-electron chi connectivity index (χ3n) is 4.73. The van der Waals surface area contributed by atoms with Crippen LogP contribution in [0.25, 0.3) is 16.9 Å². The maximum atomic E-state index is 12.5. The first-order valence-corrected chi connectivity index (χ1v) is 9.61. The quantitative estimate of drug-likeness (QED) is 0.338. The average molecular weight is 442 g/mol. The van der Waals surface area contributed by atoms with Gasteiger partial charge in [0.1, 0.15) is 0 Å². The number of nitro benzene ring substituents is 1. The van der Waals surface area contributed by atoms with E-state index in [0.717, 1.165) is 26.9 Å². The molecule has 1 aliphatic carbocycles. The minimum Gasteiger partial charge on any atom is -0.461 e. The van der Waals surface area contributed by atoms with Crippen LogP contribution in [-0.2, 0) is 17.6 Å². The Balaban J connectivity index is 1.98. The molecule has 0 atom stereocenters. The normalized spacial score (nSPS) is 12.2. The van der Waals surface area contributed by atoms with Crippen molar-refractivity contribution in [1.29, 1.82) is 0 Å². The highest BCUT2D eigenvalue weighted by molar-refractivity contribution is 9.10. The van der Waals surface area contributed by atoms with Crippen molar-refractivity contribution in [2.45, 2.75) is 19.8 Å². The topological polar surface area (TPSA) is 87.3 Å². The molecule has 3 aromatic rings. The number of ether oxygens (including phenoxy) is 1. The Labute approximate surface area is 169 Å². The first-order chi connectivity index (χ1) is 13.5. The molecule has 2 aromatic carbocycles. The SMILES string of the molecule is CCOC(=O)c1nn(-c2ccc(Br)cc2)c2c1CCc1ccc([N+](=O)[O-])cc1-2. The maximum absolute atomic E-state index is 12.5. The monoisotopic (exact) mass is 441 g/mol. The van der Waals surface area contributed by atoms with Gasteiger partial charge in [-0.2, -0.15) is 5.10 Å². The zero-order valence-electron chi connectivity index (χ0n) is 15.0. The van der Waals surface area contributed by atoms with Gasteiger partial charge in [-0.3, -0.25) is 10.1 Å². The van der Waals surface area contributed by atoms with E-state index in [1.54, 1.807) is 23.7 Å². The summed E-state index contributed by atoms with van der Waals surface area (Å²) >= 11 is 3.41. The summed E-state index contributed by atoms with van der Waals surface area (Å²) in [5.41, 5.74) is 4.21. The van der Waals surface area contributed by atoms with Gasteiger partial charge in [0.05, 0.1) is 22.9 Å². The van der Waals surface area contributed by atoms with Crippen molar-refractivity contribution >= 4 is 27.6 Å². The van der Waals surface area contributed by atoms with E-state index < -0.39 is 10.9 Å². The molecular weight excluding hydrogens is 426 g/mol. The highest BCUT2D eigenvalue weighted by Gasteiger charge is 2.30. The molecule has 0 fully saturated rings. The number of hydrogen-bond donors (Lipinski definition) is 0. The molecule has 1 aromatic heterocycles. The Bertz CT molecular complexity index is 1090. The van der Waals surface area contributed by atoms with E-state index in [0.29, 0.717) is 18.5 Å². The van der Waals surface area contributed by atoms with Gasteiger partial charge in [-0.15, -0.1) is 0 Å². The van der Waals surface area contributed by atoms with Gasteiger partial charge >= 0.3 is 5.97 Å². The Morgan fingerprint density at radius 2 is 2.00 bits per heavy atom. The molecule has 8 heteroatoms. The second kappa shape index (κ2) is 7.20. The Morgan fingerprint density at radius 3 is 2.68 bits per heavy atom. The third kappa shape index (κ3) is 3.09. The lowest BCUT2D eigenvalue weighted by atomic mass is 9.88. The zero-order valence-corrected chi connectivity index (χ0v) is 16.6. The minimum atomic E-state index is -0.483. The van der Waals surface area contributed by atoms with Crippen LogP contribution < -0.4 is 0 Å². The van der Waals surface area contributed by atoms with Crippen LogP contribution in [0.15, 0.2) is 46.9 Å². The van der Waals surface area contributed by atoms with E-state index in [4.69, 9.17) is 4.74 Å². The van der Waals surface area contributed by atoms with E-state index >= 15 is 0 Å². The molecule has 7 nitrogen and oxygen atoms in total. The fraction of sp³-hybridized carbons (Fsp3) is 0.200. The summed E-state index contributed by atoms with van der Waals surface area (Å²) < 4.78 is 7.77. The van der Waals surface area contributed by atoms with Crippen LogP contribution >= 0.6 is 15.9 Å². The Kier molecular flexibility index (Phi) is 4.72. The summed E-state index contributed by atoms with van der Waals surface area (Å²) in [6.07, 6.45) is 1.30. The molecule has 28 heavy (non-hydrogen) atoms. The van der Waals surface area contributed by atoms with Gasteiger partial charge in [-0.25, -0.2) is 9.48 Å². The molecule has 0 saturated heterocycles. The van der Waals surface area contributed by atoms with Crippen molar-refractivity contribution in [3.8, 4) is 16.9 Å². The fourth-order valence-electron chi connectivity index (χ4n) is 3.47. The lowest BCUT2D eigenvalue weighted by Gasteiger charge is -2.18. The van der Waals surface area contributed by atoms with Gasteiger partial charge in [0, 0.05) is 27.7 Å². The molecule has 0 radical (unpaired) electrons. The van der Waals surface area contributed by atoms with Crippen molar-refractivity contribution in [3.05, 3.63) is 73.9 Å². The fourth-order valence-corrected chi connectivity index (χ4v) is 3.74. The molecule has 0 bridgehead atoms. The van der Waals surface area contributed by atoms with Crippen LogP contribution in [0.5, 0.6) is 0 Å². The number of nitro groups is 1. The first-order valence-electron chi connectivity index (χ1n) is 8.82. The number of aryl methyl sites for hydroxylation is 1. The summed E-state index contributed by atoms with van der Waals surface area (Å²) in [6.45, 7) is 2.00. The lowest BCUT2D eigenvalue weighted by Crippen LogP contribution is -2.11. The summed E-state index contributed by atoms with van der Waals surface area (Å²) in [6, 6.07) is 12.3. The van der Waals surface area contributed by atoms with Gasteiger partial charge in [0.25, 0.3) is 5.69 Å². The number of fused-ring (bicyclic) bond motifs is 3. The third-order valence-corrected chi connectivity index (χ3v) is 5.26. The molecular formula is C20H16BrN3O4. The Hall–Kier alpha value is -3.00. The number of hydrogen-bond acceptors (Lipinski definition) is 5. The molecule has 1 heterocycles. The Morgan fingerprint density at radius 1 is 1.25 bits per heavy atom. The van der Waals surface area contributed by atoms with Crippen molar-refractivity contribution in [3.63, 3.8) is 0 Å². The number of rotatable bonds is 4. The van der Waals surface area contributed by atoms with Gasteiger partial charge in [0.2, 0.25) is 0 Å². The number of halogens is 1. The van der Waals surface area contributed by atoms with E-state index in [1.165, 1.54) is 6.07 Å². The molecule has 1 aliphatic rings. The number of non-ortho nitro benzene ring substituents is 1. The van der Waals surface area contributed by atoms with Crippen LogP contribution in [0, 0.1) is 10.1 Å². The first kappa shape index (κ1) is 18.4. The van der Waals surface area contributed by atoms with Gasteiger partial charge in [0.15, 0.2) is 5.69 Å². The smallest absolute Gasteiger partial charge is 0.359 e. The predicted octanol–water partition coefficient (Wildman–Crippen LogP) is 4.49. The van der Waals surface area contributed by atoms with Crippen LogP contribution in [0.3, 0.4) is 0 Å². The lowest BCUT2D eigenvalue weighted by molar-refractivity contribution is -0.384. The van der Waals surface area contributed by atoms with Crippen molar-refractivity contribution in [2.24, 2.45) is 0 Å². The van der Waals surface area contributed by atoms with E-state index in [9.17, 15) is 14.9 Å². The highest BCUT2D eigenvalue weighted by Crippen LogP contribution is 2.39. The molecule has 0 N–H and O–H groups in total. The maximum Gasteiger partial charge on any atom is 0.359 e. The van der Waals surface area contributed by atoms with Crippen molar-refractivity contribution in [1.82, 2.24) is 9.78 Å². The van der Waals surface area contributed by atoms with Crippen molar-refractivity contribution in [2.75, 3.05) is 6.61 Å². The zero-order chi connectivity index (χ0) is 19.8. The number of carbonyl (C=O) groups excluding carboxylic acids is 1. The number of carbonyl (C=O) groups is 1. The second-order valence-corrected chi connectivity index (χ2v) is 7.30. The standard InChI is InChI=1S/C20H16BrN3O4/c1-2-28-20(25)18-16-10-4-12-3-7-15(24(26)27)11-17(12)19(16)23(22-18)14-8-5-13(21)6-9-14/h3,5-9,11H,2,4,10H2,1H3. The number of nitrogens with zero attached hydrogens (tertiary/aromatic N) is 3. The summed E-state index contributed by atoms with van der Waals surface area (Å²) in [5, 5.41) is 15.8. The molecule has 142 valence electrons. The largest absolute Gasteiger partial charge is 0.461 e. The highest BCUT2D eigenvalue weighted by atomic mass is 79.9. The summed E-state index contributed by atoms with van der Waals surface area (Å²) in [7, 11) is 0. The minimum absolute atomic E-state index is 0.00726. The summed E-state index contributed by atoms with van der Waals surface area (Å²) in [5.74, 6) is -0.483. The van der Waals surface area contributed by atoms with Crippen LogP contribution in [0.4, 0.5) is 5.69 Å². The number of benzene rings is 2. The molecule has 0 spiro atoms. The van der Waals surface area contributed by atoms with Crippen LogP contribution in [-0.4, -0.2) is 27.3 Å². The number of esters is 1. The van der Waals surface area contributed by atoms with Gasteiger partial charge in [-0.1, -0.05) is 22.0 Å². The summed E-state index contributed by atoms with van der Waals surface area (Å²) in [4.78, 5) is 23.4. The predicted molar refractivity (Wildman–Crippen MR) is 107 cm³/mol. The van der Waals surface area contributed by atoms with E-state index in [2.05, 4.69) is 21.0 Å². The van der Waals surface area contributed by atoms with Crippen molar-refractivity contribution < 1.29 is 14.5 Å². The van der Waals surface area contributed by atoms with Crippen LogP contribution in [0.1, 0.15) is 28.5 Å². The molecule has 0 unspecified atom stereocenters. The van der Waals surface area contributed by atoms with Gasteiger partial charge in [-0.05, 0) is 49.6 Å².